The average Bonchev–Trinajstić information content (AvgIpc) is 2.95. The number of isocyanates is 1. The third kappa shape index (κ3) is 1.53. The van der Waals surface area contributed by atoms with Gasteiger partial charge in [0.05, 0.1) is 5.54 Å². The molecular formula is C11H10FNO2. The number of nitrogens with zero attached hydrogens (tertiary/aromatic N) is 1. The maximum absolute atomic E-state index is 13.1. The van der Waals surface area contributed by atoms with Gasteiger partial charge < -0.3 is 5.11 Å². The monoisotopic (exact) mass is 207 g/mol. The van der Waals surface area contributed by atoms with Crippen LogP contribution in [0.4, 0.5) is 4.39 Å². The van der Waals surface area contributed by atoms with Crippen LogP contribution < -0.4 is 0 Å². The van der Waals surface area contributed by atoms with E-state index < -0.39 is 17.1 Å². The Morgan fingerprint density at radius 1 is 1.53 bits per heavy atom. The summed E-state index contributed by atoms with van der Waals surface area (Å²) in [5.41, 5.74) is 0.483. The zero-order chi connectivity index (χ0) is 11.1. The summed E-state index contributed by atoms with van der Waals surface area (Å²) in [6, 6.07) is 2.94. The van der Waals surface area contributed by atoms with Crippen LogP contribution in [0, 0.1) is 12.7 Å². The van der Waals surface area contributed by atoms with Gasteiger partial charge in [0.2, 0.25) is 6.08 Å². The Kier molecular flexibility index (Phi) is 2.09. The molecule has 1 aliphatic carbocycles. The van der Waals surface area contributed by atoms with Gasteiger partial charge in [-0.3, -0.25) is 0 Å². The van der Waals surface area contributed by atoms with E-state index in [1.807, 2.05) is 0 Å². The predicted octanol–water partition coefficient (Wildman–Crippen LogP) is 2.16. The number of phenolic OH excluding ortho intramolecular Hbond substituents is 1. The minimum absolute atomic E-state index is 0.359. The third-order valence-electron chi connectivity index (χ3n) is 2.76. The quantitative estimate of drug-likeness (QED) is 0.596. The van der Waals surface area contributed by atoms with Crippen LogP contribution in [0.25, 0.3) is 0 Å². The zero-order valence-electron chi connectivity index (χ0n) is 8.25. The van der Waals surface area contributed by atoms with Crippen molar-refractivity contribution in [2.45, 2.75) is 25.3 Å². The molecule has 1 aliphatic rings. The summed E-state index contributed by atoms with van der Waals surface area (Å²) in [5, 5.41) is 9.33. The Labute approximate surface area is 86.3 Å². The molecule has 0 aliphatic heterocycles. The first-order valence-electron chi connectivity index (χ1n) is 4.68. The molecule has 0 heterocycles. The van der Waals surface area contributed by atoms with Crippen LogP contribution in [0.1, 0.15) is 24.0 Å². The molecule has 1 aromatic carbocycles. The van der Waals surface area contributed by atoms with Crippen molar-refractivity contribution in [3.63, 3.8) is 0 Å². The lowest BCUT2D eigenvalue weighted by Crippen LogP contribution is -2.03. The molecule has 1 N–H and O–H groups in total. The molecule has 0 amide bonds. The summed E-state index contributed by atoms with van der Waals surface area (Å²) in [6.45, 7) is 1.57. The van der Waals surface area contributed by atoms with E-state index in [-0.39, 0.29) is 0 Å². The molecule has 0 bridgehead atoms. The lowest BCUT2D eigenvalue weighted by molar-refractivity contribution is 0.428. The number of aryl methyl sites for hydroxylation is 1. The van der Waals surface area contributed by atoms with Gasteiger partial charge in [-0.05, 0) is 37.0 Å². The number of carbonyl (C=O) groups excluding carboxylic acids is 1. The van der Waals surface area contributed by atoms with E-state index in [1.165, 1.54) is 12.1 Å². The van der Waals surface area contributed by atoms with E-state index in [0.717, 1.165) is 12.8 Å². The Morgan fingerprint density at radius 2 is 2.20 bits per heavy atom. The Hall–Kier alpha value is -1.67. The second-order valence-electron chi connectivity index (χ2n) is 3.86. The Bertz CT molecular complexity index is 437. The number of aromatic hydroxyl groups is 1. The van der Waals surface area contributed by atoms with E-state index in [1.54, 1.807) is 13.0 Å². The van der Waals surface area contributed by atoms with E-state index in [9.17, 15) is 14.3 Å². The van der Waals surface area contributed by atoms with Crippen molar-refractivity contribution in [2.24, 2.45) is 4.99 Å². The number of halogens is 1. The van der Waals surface area contributed by atoms with Crippen LogP contribution >= 0.6 is 0 Å². The molecule has 1 aromatic rings. The first kappa shape index (κ1) is 9.87. The van der Waals surface area contributed by atoms with Crippen LogP contribution in [0.2, 0.25) is 0 Å². The van der Waals surface area contributed by atoms with Gasteiger partial charge in [-0.25, -0.2) is 9.18 Å². The largest absolute Gasteiger partial charge is 0.505 e. The minimum atomic E-state index is -0.621. The number of aliphatic imine (C=N–C) groups is 1. The van der Waals surface area contributed by atoms with Crippen molar-refractivity contribution in [1.82, 2.24) is 0 Å². The van der Waals surface area contributed by atoms with E-state index in [0.29, 0.717) is 11.1 Å². The molecule has 0 spiro atoms. The summed E-state index contributed by atoms with van der Waals surface area (Å²) >= 11 is 0. The highest BCUT2D eigenvalue weighted by Gasteiger charge is 2.45. The Morgan fingerprint density at radius 3 is 2.67 bits per heavy atom. The second-order valence-corrected chi connectivity index (χ2v) is 3.86. The topological polar surface area (TPSA) is 49.7 Å². The fourth-order valence-corrected chi connectivity index (χ4v) is 1.69. The van der Waals surface area contributed by atoms with Gasteiger partial charge in [0.1, 0.15) is 0 Å². The summed E-state index contributed by atoms with van der Waals surface area (Å²) in [6.07, 6.45) is 3.01. The van der Waals surface area contributed by atoms with Gasteiger partial charge in [0.15, 0.2) is 11.6 Å². The van der Waals surface area contributed by atoms with Crippen molar-refractivity contribution < 1.29 is 14.3 Å². The van der Waals surface area contributed by atoms with Crippen LogP contribution in [0.15, 0.2) is 17.1 Å². The number of benzene rings is 1. The van der Waals surface area contributed by atoms with Gasteiger partial charge in [0.25, 0.3) is 0 Å². The Balaban J connectivity index is 2.51. The summed E-state index contributed by atoms with van der Waals surface area (Å²) in [7, 11) is 0. The predicted molar refractivity (Wildman–Crippen MR) is 51.8 cm³/mol. The van der Waals surface area contributed by atoms with Crippen LogP contribution in [-0.2, 0) is 10.3 Å². The molecule has 1 fully saturated rings. The molecule has 2 rings (SSSR count). The third-order valence-corrected chi connectivity index (χ3v) is 2.76. The minimum Gasteiger partial charge on any atom is -0.505 e. The van der Waals surface area contributed by atoms with E-state index >= 15 is 0 Å². The summed E-state index contributed by atoms with van der Waals surface area (Å²) < 4.78 is 13.1. The average molecular weight is 207 g/mol. The first-order valence-corrected chi connectivity index (χ1v) is 4.68. The number of rotatable bonds is 2. The zero-order valence-corrected chi connectivity index (χ0v) is 8.25. The maximum Gasteiger partial charge on any atom is 0.235 e. The molecule has 0 atom stereocenters. The van der Waals surface area contributed by atoms with Gasteiger partial charge in [-0.2, -0.15) is 4.99 Å². The van der Waals surface area contributed by atoms with E-state index in [4.69, 9.17) is 0 Å². The molecular weight excluding hydrogens is 197 g/mol. The smallest absolute Gasteiger partial charge is 0.235 e. The van der Waals surface area contributed by atoms with Crippen molar-refractivity contribution in [2.75, 3.05) is 0 Å². The normalized spacial score (nSPS) is 16.9. The first-order chi connectivity index (χ1) is 7.09. The standard InChI is InChI=1S/C11H10FNO2/c1-7-4-8(5-9(15)10(7)12)11(2-3-11)13-6-14/h4-5,15H,2-3H2,1H3. The van der Waals surface area contributed by atoms with Gasteiger partial charge in [-0.1, -0.05) is 6.07 Å². The van der Waals surface area contributed by atoms with Crippen molar-refractivity contribution >= 4 is 6.08 Å². The van der Waals surface area contributed by atoms with Gasteiger partial charge >= 0.3 is 0 Å². The lowest BCUT2D eigenvalue weighted by Gasteiger charge is -2.10. The molecule has 15 heavy (non-hydrogen) atoms. The number of hydrogen-bond donors (Lipinski definition) is 1. The maximum atomic E-state index is 13.1. The molecule has 0 unspecified atom stereocenters. The van der Waals surface area contributed by atoms with Gasteiger partial charge in [0, 0.05) is 0 Å². The molecule has 3 nitrogen and oxygen atoms in total. The van der Waals surface area contributed by atoms with Crippen LogP contribution in [0.3, 0.4) is 0 Å². The van der Waals surface area contributed by atoms with Gasteiger partial charge in [-0.15, -0.1) is 0 Å². The van der Waals surface area contributed by atoms with E-state index in [2.05, 4.69) is 4.99 Å². The highest BCUT2D eigenvalue weighted by atomic mass is 19.1. The highest BCUT2D eigenvalue weighted by molar-refractivity contribution is 5.45. The fourth-order valence-electron chi connectivity index (χ4n) is 1.69. The lowest BCUT2D eigenvalue weighted by atomic mass is 10.0. The molecule has 0 radical (unpaired) electrons. The molecule has 1 saturated carbocycles. The molecule has 0 saturated heterocycles. The SMILES string of the molecule is Cc1cc(C2(N=C=O)CC2)cc(O)c1F. The van der Waals surface area contributed by atoms with Crippen molar-refractivity contribution in [3.05, 3.63) is 29.1 Å². The van der Waals surface area contributed by atoms with Crippen LogP contribution in [0.5, 0.6) is 5.75 Å². The molecule has 0 aromatic heterocycles. The van der Waals surface area contributed by atoms with Crippen LogP contribution in [-0.4, -0.2) is 11.2 Å². The summed E-state index contributed by atoms with van der Waals surface area (Å²) in [5.74, 6) is -1.01. The number of hydrogen-bond acceptors (Lipinski definition) is 3. The second kappa shape index (κ2) is 3.17. The fraction of sp³-hybridized carbons (Fsp3) is 0.364. The molecule has 78 valence electrons. The molecule has 4 heteroatoms. The van der Waals surface area contributed by atoms with Crippen molar-refractivity contribution in [1.29, 1.82) is 0 Å². The highest BCUT2D eigenvalue weighted by Crippen LogP contribution is 2.50. The summed E-state index contributed by atoms with van der Waals surface area (Å²) in [4.78, 5) is 14.0. The number of phenols is 1. The van der Waals surface area contributed by atoms with Crippen molar-refractivity contribution in [3.8, 4) is 5.75 Å².